The van der Waals surface area contributed by atoms with Gasteiger partial charge in [-0.15, -0.1) is 0 Å². The van der Waals surface area contributed by atoms with Crippen molar-refractivity contribution < 1.29 is 32.6 Å². The van der Waals surface area contributed by atoms with Gasteiger partial charge in [-0.3, -0.25) is 4.79 Å². The second-order valence-corrected chi connectivity index (χ2v) is 5.80. The molecule has 0 aliphatic heterocycles. The van der Waals surface area contributed by atoms with E-state index in [1.165, 1.54) is 7.11 Å². The zero-order valence-corrected chi connectivity index (χ0v) is 15.3. The Balaban J connectivity index is 2.46. The lowest BCUT2D eigenvalue weighted by Crippen LogP contribution is -2.16. The molecule has 0 aromatic heterocycles. The third kappa shape index (κ3) is 4.69. The lowest BCUT2D eigenvalue weighted by atomic mass is 10.1. The molecule has 0 aliphatic carbocycles. The number of amides is 1. The summed E-state index contributed by atoms with van der Waals surface area (Å²) < 4.78 is 39.9. The van der Waals surface area contributed by atoms with Crippen molar-refractivity contribution in [3.8, 4) is 11.5 Å². The Labute approximate surface area is 156 Å². The van der Waals surface area contributed by atoms with Gasteiger partial charge < -0.3 is 19.5 Å². The number of alkyl halides is 2. The van der Waals surface area contributed by atoms with Crippen LogP contribution in [0, 0.1) is 0 Å². The summed E-state index contributed by atoms with van der Waals surface area (Å²) in [5, 5.41) is 2.49. The first-order valence-corrected chi connectivity index (χ1v) is 7.97. The highest BCUT2D eigenvalue weighted by Gasteiger charge is 2.21. The molecule has 2 aromatic rings. The molecule has 0 aliphatic rings. The zero-order chi connectivity index (χ0) is 19.3. The molecule has 2 rings (SSSR count). The summed E-state index contributed by atoms with van der Waals surface area (Å²) in [4.78, 5) is 24.4. The Morgan fingerprint density at radius 1 is 1.12 bits per heavy atom. The summed E-state index contributed by atoms with van der Waals surface area (Å²) in [6.45, 7) is -3.11. The van der Waals surface area contributed by atoms with Gasteiger partial charge in [-0.05, 0) is 18.2 Å². The van der Waals surface area contributed by atoms with Crippen molar-refractivity contribution in [2.45, 2.75) is 6.61 Å². The number of benzene rings is 2. The Morgan fingerprint density at radius 3 is 2.42 bits per heavy atom. The maximum absolute atomic E-state index is 12.6. The molecule has 0 spiro atoms. The van der Waals surface area contributed by atoms with E-state index in [0.717, 1.165) is 19.2 Å². The normalized spacial score (nSPS) is 10.4. The molecule has 0 fully saturated rings. The number of anilines is 1. The van der Waals surface area contributed by atoms with E-state index in [1.54, 1.807) is 24.3 Å². The molecule has 1 amide bonds. The largest absolute Gasteiger partial charge is 0.493 e. The first-order chi connectivity index (χ1) is 12.3. The molecule has 0 saturated heterocycles. The molecule has 1 N–H and O–H groups in total. The van der Waals surface area contributed by atoms with E-state index in [2.05, 4.69) is 30.7 Å². The highest BCUT2D eigenvalue weighted by molar-refractivity contribution is 9.10. The van der Waals surface area contributed by atoms with Crippen molar-refractivity contribution in [2.75, 3.05) is 19.5 Å². The van der Waals surface area contributed by atoms with Gasteiger partial charge in [0.2, 0.25) is 0 Å². The molecular formula is C17H14BrF2NO5. The maximum Gasteiger partial charge on any atom is 0.387 e. The average Bonchev–Trinajstić information content (AvgIpc) is 2.60. The Hall–Kier alpha value is -2.68. The van der Waals surface area contributed by atoms with Crippen molar-refractivity contribution in [2.24, 2.45) is 0 Å². The minimum atomic E-state index is -3.11. The van der Waals surface area contributed by atoms with Crippen LogP contribution in [0.25, 0.3) is 0 Å². The number of esters is 1. The van der Waals surface area contributed by atoms with Crippen LogP contribution in [-0.4, -0.2) is 32.7 Å². The number of carbonyl (C=O) groups excluding carboxylic acids is 2. The quantitative estimate of drug-likeness (QED) is 0.699. The second-order valence-electron chi connectivity index (χ2n) is 4.88. The maximum atomic E-state index is 12.6. The number of hydrogen-bond acceptors (Lipinski definition) is 5. The van der Waals surface area contributed by atoms with E-state index in [1.807, 2.05) is 0 Å². The lowest BCUT2D eigenvalue weighted by molar-refractivity contribution is -0.0511. The number of ether oxygens (including phenoxy) is 3. The van der Waals surface area contributed by atoms with E-state index in [0.29, 0.717) is 10.0 Å². The summed E-state index contributed by atoms with van der Waals surface area (Å²) >= 11 is 3.25. The van der Waals surface area contributed by atoms with Gasteiger partial charge in [-0.1, -0.05) is 22.0 Å². The van der Waals surface area contributed by atoms with Gasteiger partial charge in [0.1, 0.15) is 0 Å². The fourth-order valence-electron chi connectivity index (χ4n) is 2.11. The molecule has 0 saturated carbocycles. The number of halogens is 3. The predicted octanol–water partition coefficient (Wildman–Crippen LogP) is 4.10. The summed E-state index contributed by atoms with van der Waals surface area (Å²) in [5.41, 5.74) is 0.162. The molecule has 0 heterocycles. The van der Waals surface area contributed by atoms with Crippen LogP contribution in [0.2, 0.25) is 0 Å². The molecule has 6 nitrogen and oxygen atoms in total. The molecule has 0 unspecified atom stereocenters. The van der Waals surface area contributed by atoms with E-state index < -0.39 is 18.5 Å². The van der Waals surface area contributed by atoms with Crippen LogP contribution < -0.4 is 14.8 Å². The molecular weight excluding hydrogens is 416 g/mol. The van der Waals surface area contributed by atoms with Crippen LogP contribution in [0.4, 0.5) is 14.5 Å². The third-order valence-electron chi connectivity index (χ3n) is 3.26. The second kappa shape index (κ2) is 8.61. The molecule has 9 heteroatoms. The van der Waals surface area contributed by atoms with E-state index in [4.69, 9.17) is 4.74 Å². The van der Waals surface area contributed by atoms with Gasteiger partial charge in [0.15, 0.2) is 11.5 Å². The zero-order valence-electron chi connectivity index (χ0n) is 13.7. The van der Waals surface area contributed by atoms with Crippen LogP contribution in [0.15, 0.2) is 40.9 Å². The number of carbonyl (C=O) groups is 2. The van der Waals surface area contributed by atoms with Gasteiger partial charge in [0, 0.05) is 22.2 Å². The molecule has 0 atom stereocenters. The molecule has 26 heavy (non-hydrogen) atoms. The Kier molecular flexibility index (Phi) is 6.51. The summed E-state index contributed by atoms with van der Waals surface area (Å²) in [7, 11) is 2.38. The lowest BCUT2D eigenvalue weighted by Gasteiger charge is -2.15. The minimum Gasteiger partial charge on any atom is -0.493 e. The van der Waals surface area contributed by atoms with Gasteiger partial charge >= 0.3 is 12.6 Å². The van der Waals surface area contributed by atoms with Gasteiger partial charge in [-0.25, -0.2) is 4.79 Å². The van der Waals surface area contributed by atoms with Gasteiger partial charge in [-0.2, -0.15) is 8.78 Å². The predicted molar refractivity (Wildman–Crippen MR) is 93.1 cm³/mol. The number of methoxy groups -OCH3 is 2. The smallest absolute Gasteiger partial charge is 0.387 e. The highest BCUT2D eigenvalue weighted by atomic mass is 79.9. The number of nitrogens with one attached hydrogen (secondary N) is 1. The van der Waals surface area contributed by atoms with Crippen molar-refractivity contribution in [3.63, 3.8) is 0 Å². The first kappa shape index (κ1) is 19.6. The van der Waals surface area contributed by atoms with Crippen molar-refractivity contribution in [1.82, 2.24) is 0 Å². The monoisotopic (exact) mass is 429 g/mol. The first-order valence-electron chi connectivity index (χ1n) is 7.17. The van der Waals surface area contributed by atoms with Crippen molar-refractivity contribution in [3.05, 3.63) is 52.0 Å². The van der Waals surface area contributed by atoms with Crippen LogP contribution in [0.3, 0.4) is 0 Å². The van der Waals surface area contributed by atoms with Crippen LogP contribution in [-0.2, 0) is 4.74 Å². The Morgan fingerprint density at radius 2 is 1.85 bits per heavy atom. The average molecular weight is 430 g/mol. The summed E-state index contributed by atoms with van der Waals surface area (Å²) in [6.07, 6.45) is 0. The van der Waals surface area contributed by atoms with Gasteiger partial charge in [0.25, 0.3) is 5.91 Å². The summed E-state index contributed by atoms with van der Waals surface area (Å²) in [6, 6.07) is 8.73. The molecule has 138 valence electrons. The molecule has 0 bridgehead atoms. The fourth-order valence-corrected chi connectivity index (χ4v) is 2.51. The van der Waals surface area contributed by atoms with Crippen molar-refractivity contribution >= 4 is 33.5 Å². The number of hydrogen-bond donors (Lipinski definition) is 1. The highest BCUT2D eigenvalue weighted by Crippen LogP contribution is 2.35. The standard InChI is InChI=1S/C17H14BrF2NO5/c1-24-13-7-11(16(23)25-2)12(8-14(13)26-17(19)20)21-15(22)9-4-3-5-10(18)6-9/h3-8,17H,1-2H3,(H,21,22). The topological polar surface area (TPSA) is 73.9 Å². The number of rotatable bonds is 6. The third-order valence-corrected chi connectivity index (χ3v) is 3.75. The van der Waals surface area contributed by atoms with Crippen LogP contribution in [0.5, 0.6) is 11.5 Å². The fraction of sp³-hybridized carbons (Fsp3) is 0.176. The molecule has 2 aromatic carbocycles. The van der Waals surface area contributed by atoms with E-state index >= 15 is 0 Å². The minimum absolute atomic E-state index is 0.0572. The van der Waals surface area contributed by atoms with Gasteiger partial charge in [0.05, 0.1) is 25.5 Å². The van der Waals surface area contributed by atoms with Crippen molar-refractivity contribution in [1.29, 1.82) is 0 Å². The summed E-state index contributed by atoms with van der Waals surface area (Å²) in [5.74, 6) is -1.77. The SMILES string of the molecule is COC(=O)c1cc(OC)c(OC(F)F)cc1NC(=O)c1cccc(Br)c1. The Bertz CT molecular complexity index is 829. The van der Waals surface area contributed by atoms with Crippen LogP contribution in [0.1, 0.15) is 20.7 Å². The molecule has 0 radical (unpaired) electrons. The van der Waals surface area contributed by atoms with E-state index in [-0.39, 0.29) is 22.7 Å². The van der Waals surface area contributed by atoms with E-state index in [9.17, 15) is 18.4 Å². The van der Waals surface area contributed by atoms with Crippen LogP contribution >= 0.6 is 15.9 Å².